The van der Waals surface area contributed by atoms with Crippen molar-refractivity contribution in [3.05, 3.63) is 35.9 Å². The molecule has 0 aliphatic carbocycles. The van der Waals surface area contributed by atoms with Gasteiger partial charge in [-0.15, -0.1) is 0 Å². The summed E-state index contributed by atoms with van der Waals surface area (Å²) in [6.07, 6.45) is 3.37. The minimum atomic E-state index is -0.108. The van der Waals surface area contributed by atoms with E-state index in [9.17, 15) is 4.79 Å². The third-order valence-electron chi connectivity index (χ3n) is 2.87. The number of carbonyl (C=O) groups is 1. The van der Waals surface area contributed by atoms with Crippen LogP contribution in [0.1, 0.15) is 45.1 Å². The summed E-state index contributed by atoms with van der Waals surface area (Å²) >= 11 is 0. The fourth-order valence-corrected chi connectivity index (χ4v) is 1.73. The van der Waals surface area contributed by atoms with Crippen LogP contribution in [0.2, 0.25) is 0 Å². The maximum absolute atomic E-state index is 11.6. The molecule has 0 atom stereocenters. The molecule has 0 fully saturated rings. The molecule has 0 saturated carbocycles. The van der Waals surface area contributed by atoms with Crippen molar-refractivity contribution in [3.63, 3.8) is 0 Å². The minimum absolute atomic E-state index is 0.108. The number of hydrogen-bond donors (Lipinski definition) is 1. The van der Waals surface area contributed by atoms with Crippen molar-refractivity contribution in [3.8, 4) is 0 Å². The molecule has 1 aromatic rings. The van der Waals surface area contributed by atoms with Crippen molar-refractivity contribution >= 4 is 11.6 Å². The highest BCUT2D eigenvalue weighted by Gasteiger charge is 2.05. The van der Waals surface area contributed by atoms with Crippen molar-refractivity contribution < 1.29 is 9.53 Å². The van der Waals surface area contributed by atoms with Crippen molar-refractivity contribution in [1.82, 2.24) is 5.43 Å². The Labute approximate surface area is 121 Å². The van der Waals surface area contributed by atoms with E-state index in [-0.39, 0.29) is 5.91 Å². The number of hydrazone groups is 1. The number of rotatable bonds is 9. The van der Waals surface area contributed by atoms with Gasteiger partial charge in [0.2, 0.25) is 5.91 Å². The Kier molecular flexibility index (Phi) is 8.31. The van der Waals surface area contributed by atoms with E-state index in [4.69, 9.17) is 4.74 Å². The van der Waals surface area contributed by atoms with E-state index in [1.54, 1.807) is 0 Å². The van der Waals surface area contributed by atoms with Gasteiger partial charge in [0.1, 0.15) is 0 Å². The summed E-state index contributed by atoms with van der Waals surface area (Å²) in [4.78, 5) is 11.6. The summed E-state index contributed by atoms with van der Waals surface area (Å²) in [6.45, 7) is 5.12. The first-order valence-electron chi connectivity index (χ1n) is 7.26. The smallest absolute Gasteiger partial charge is 0.242 e. The van der Waals surface area contributed by atoms with Crippen LogP contribution < -0.4 is 5.43 Å². The fraction of sp³-hybridized carbons (Fsp3) is 0.500. The molecule has 0 bridgehead atoms. The first-order chi connectivity index (χ1) is 9.77. The molecule has 0 heterocycles. The lowest BCUT2D eigenvalue weighted by molar-refractivity contribution is -0.122. The van der Waals surface area contributed by atoms with Crippen molar-refractivity contribution in [1.29, 1.82) is 0 Å². The van der Waals surface area contributed by atoms with Crippen LogP contribution in [0.3, 0.4) is 0 Å². The van der Waals surface area contributed by atoms with E-state index in [1.807, 2.05) is 37.3 Å². The zero-order valence-corrected chi connectivity index (χ0v) is 12.4. The third kappa shape index (κ3) is 6.48. The summed E-state index contributed by atoms with van der Waals surface area (Å²) in [5.74, 6) is -0.108. The van der Waals surface area contributed by atoms with Gasteiger partial charge in [0.05, 0.1) is 18.7 Å². The van der Waals surface area contributed by atoms with Gasteiger partial charge in [-0.1, -0.05) is 43.7 Å². The molecule has 20 heavy (non-hydrogen) atoms. The van der Waals surface area contributed by atoms with E-state index < -0.39 is 0 Å². The molecule has 0 aromatic heterocycles. The van der Waals surface area contributed by atoms with Gasteiger partial charge in [0, 0.05) is 6.61 Å². The molecule has 1 aromatic carbocycles. The number of amides is 1. The molecule has 0 radical (unpaired) electrons. The fourth-order valence-electron chi connectivity index (χ4n) is 1.73. The van der Waals surface area contributed by atoms with Crippen LogP contribution in [-0.2, 0) is 9.53 Å². The lowest BCUT2D eigenvalue weighted by Gasteiger charge is -2.07. The number of ether oxygens (including phenoxy) is 1. The maximum atomic E-state index is 11.6. The van der Waals surface area contributed by atoms with Crippen LogP contribution >= 0.6 is 0 Å². The summed E-state index contributed by atoms with van der Waals surface area (Å²) in [6, 6.07) is 9.96. The van der Waals surface area contributed by atoms with Crippen molar-refractivity contribution in [2.75, 3.05) is 13.2 Å². The summed E-state index contributed by atoms with van der Waals surface area (Å²) < 4.78 is 5.15. The van der Waals surface area contributed by atoms with Gasteiger partial charge < -0.3 is 4.74 Å². The predicted molar refractivity (Wildman–Crippen MR) is 81.8 cm³/mol. The second-order valence-electron chi connectivity index (χ2n) is 4.51. The molecule has 0 aliphatic rings. The second kappa shape index (κ2) is 10.1. The monoisotopic (exact) mass is 276 g/mol. The standard InChI is InChI=1S/C16H24N2O2/c1-3-5-11-15(14-9-7-6-8-10-14)17-18-16(19)12-13-20-4-2/h6-10H,3-5,11-13H2,1-2H3,(H,18,19)/b17-15+. The van der Waals surface area contributed by atoms with Crippen molar-refractivity contribution in [2.45, 2.75) is 39.5 Å². The molecule has 110 valence electrons. The summed E-state index contributed by atoms with van der Waals surface area (Å²) in [7, 11) is 0. The number of hydrogen-bond acceptors (Lipinski definition) is 3. The number of nitrogens with one attached hydrogen (secondary N) is 1. The molecular weight excluding hydrogens is 252 g/mol. The topological polar surface area (TPSA) is 50.7 Å². The number of unbranched alkanes of at least 4 members (excludes halogenated alkanes) is 1. The average molecular weight is 276 g/mol. The van der Waals surface area contributed by atoms with Crippen LogP contribution in [0.25, 0.3) is 0 Å². The molecular formula is C16H24N2O2. The molecule has 1 rings (SSSR count). The normalized spacial score (nSPS) is 11.4. The van der Waals surface area contributed by atoms with E-state index in [1.165, 1.54) is 0 Å². The highest BCUT2D eigenvalue weighted by molar-refractivity contribution is 6.01. The average Bonchev–Trinajstić information content (AvgIpc) is 2.48. The lowest BCUT2D eigenvalue weighted by Crippen LogP contribution is -2.21. The second-order valence-corrected chi connectivity index (χ2v) is 4.51. The van der Waals surface area contributed by atoms with E-state index >= 15 is 0 Å². The quantitative estimate of drug-likeness (QED) is 0.428. The Morgan fingerprint density at radius 3 is 2.60 bits per heavy atom. The van der Waals surface area contributed by atoms with Crippen LogP contribution in [-0.4, -0.2) is 24.8 Å². The van der Waals surface area contributed by atoms with E-state index in [2.05, 4.69) is 17.5 Å². The number of nitrogens with zero attached hydrogens (tertiary/aromatic N) is 1. The van der Waals surface area contributed by atoms with Gasteiger partial charge in [0.15, 0.2) is 0 Å². The zero-order chi connectivity index (χ0) is 14.6. The minimum Gasteiger partial charge on any atom is -0.381 e. The van der Waals surface area contributed by atoms with Gasteiger partial charge in [-0.3, -0.25) is 4.79 Å². The summed E-state index contributed by atoms with van der Waals surface area (Å²) in [5, 5.41) is 4.27. The largest absolute Gasteiger partial charge is 0.381 e. The predicted octanol–water partition coefficient (Wildman–Crippen LogP) is 3.12. The van der Waals surface area contributed by atoms with Crippen LogP contribution in [0.5, 0.6) is 0 Å². The molecule has 1 amide bonds. The Morgan fingerprint density at radius 1 is 1.20 bits per heavy atom. The van der Waals surface area contributed by atoms with Gasteiger partial charge in [-0.05, 0) is 25.3 Å². The Morgan fingerprint density at radius 2 is 1.95 bits per heavy atom. The molecule has 0 aliphatic heterocycles. The van der Waals surface area contributed by atoms with Gasteiger partial charge in [0.25, 0.3) is 0 Å². The molecule has 4 heteroatoms. The Bertz CT molecular complexity index is 416. The highest BCUT2D eigenvalue weighted by Crippen LogP contribution is 2.07. The SMILES string of the molecule is CCCC/C(=N\NC(=O)CCOCC)c1ccccc1. The van der Waals surface area contributed by atoms with Crippen molar-refractivity contribution in [2.24, 2.45) is 5.10 Å². The molecule has 0 unspecified atom stereocenters. The first-order valence-corrected chi connectivity index (χ1v) is 7.26. The lowest BCUT2D eigenvalue weighted by atomic mass is 10.1. The molecule has 4 nitrogen and oxygen atoms in total. The van der Waals surface area contributed by atoms with Gasteiger partial charge in [-0.2, -0.15) is 5.10 Å². The third-order valence-corrected chi connectivity index (χ3v) is 2.87. The Balaban J connectivity index is 2.59. The van der Waals surface area contributed by atoms with Gasteiger partial charge >= 0.3 is 0 Å². The Hall–Kier alpha value is -1.68. The van der Waals surface area contributed by atoms with Crippen LogP contribution in [0.4, 0.5) is 0 Å². The molecule has 0 saturated heterocycles. The molecule has 1 N–H and O–H groups in total. The zero-order valence-electron chi connectivity index (χ0n) is 12.4. The summed E-state index contributed by atoms with van der Waals surface area (Å²) in [5.41, 5.74) is 4.61. The highest BCUT2D eigenvalue weighted by atomic mass is 16.5. The first kappa shape index (κ1) is 16.4. The van der Waals surface area contributed by atoms with E-state index in [0.29, 0.717) is 19.6 Å². The molecule has 0 spiro atoms. The van der Waals surface area contributed by atoms with Gasteiger partial charge in [-0.25, -0.2) is 5.43 Å². The van der Waals surface area contributed by atoms with Crippen LogP contribution in [0, 0.1) is 0 Å². The number of benzene rings is 1. The number of carbonyl (C=O) groups excluding carboxylic acids is 1. The van der Waals surface area contributed by atoms with Crippen LogP contribution in [0.15, 0.2) is 35.4 Å². The van der Waals surface area contributed by atoms with E-state index in [0.717, 1.165) is 30.5 Å². The maximum Gasteiger partial charge on any atom is 0.242 e.